The molecule has 1 heterocycles. The van der Waals surface area contributed by atoms with E-state index in [4.69, 9.17) is 0 Å². The third-order valence-electron chi connectivity index (χ3n) is 11.9. The Morgan fingerprint density at radius 2 is 1.06 bits per heavy atom. The quantitative estimate of drug-likeness (QED) is 0.174. The summed E-state index contributed by atoms with van der Waals surface area (Å²) < 4.78 is 2.43. The number of aryl methyl sites for hydroxylation is 3. The molecule has 9 aromatic rings. The number of nitrogens with zero attached hydrogens (tertiary/aromatic N) is 2. The van der Waals surface area contributed by atoms with Crippen LogP contribution in [0.2, 0.25) is 0 Å². The Hall–Kier alpha value is -6.38. The lowest BCUT2D eigenvalue weighted by Gasteiger charge is -2.32. The van der Waals surface area contributed by atoms with Gasteiger partial charge in [-0.3, -0.25) is 0 Å². The molecular formula is C52H42N2. The number of fused-ring (bicyclic) bond motifs is 7. The van der Waals surface area contributed by atoms with E-state index in [2.05, 4.69) is 208 Å². The molecule has 2 heteroatoms. The summed E-state index contributed by atoms with van der Waals surface area (Å²) in [5, 5.41) is 5.09. The normalized spacial score (nSPS) is 13.1. The maximum absolute atomic E-state index is 2.52. The minimum Gasteiger partial charge on any atom is -0.310 e. The van der Waals surface area contributed by atoms with E-state index in [1.54, 1.807) is 0 Å². The summed E-state index contributed by atoms with van der Waals surface area (Å²) in [6.45, 7) is 11.6. The van der Waals surface area contributed by atoms with E-state index in [9.17, 15) is 0 Å². The number of benzene rings is 8. The van der Waals surface area contributed by atoms with Crippen LogP contribution in [0.1, 0.15) is 41.7 Å². The van der Waals surface area contributed by atoms with Gasteiger partial charge in [-0.1, -0.05) is 129 Å². The smallest absolute Gasteiger partial charge is 0.0541 e. The van der Waals surface area contributed by atoms with Crippen molar-refractivity contribution in [1.29, 1.82) is 0 Å². The van der Waals surface area contributed by atoms with Gasteiger partial charge in [-0.2, -0.15) is 0 Å². The minimum absolute atomic E-state index is 0.106. The second-order valence-electron chi connectivity index (χ2n) is 15.6. The van der Waals surface area contributed by atoms with E-state index in [0.717, 1.165) is 0 Å². The zero-order chi connectivity index (χ0) is 36.7. The number of hydrogen-bond acceptors (Lipinski definition) is 1. The number of anilines is 3. The maximum atomic E-state index is 2.52. The van der Waals surface area contributed by atoms with Crippen LogP contribution in [0.25, 0.3) is 60.5 Å². The molecule has 0 unspecified atom stereocenters. The fraction of sp³-hybridized carbons (Fsp3) is 0.115. The summed E-state index contributed by atoms with van der Waals surface area (Å²) >= 11 is 0. The zero-order valence-electron chi connectivity index (χ0n) is 31.5. The third kappa shape index (κ3) is 4.80. The number of hydrogen-bond donors (Lipinski definition) is 0. The monoisotopic (exact) mass is 694 g/mol. The molecule has 1 aliphatic carbocycles. The Morgan fingerprint density at radius 1 is 0.463 bits per heavy atom. The van der Waals surface area contributed by atoms with Crippen LogP contribution in [0.15, 0.2) is 164 Å². The molecule has 0 bridgehead atoms. The van der Waals surface area contributed by atoms with Gasteiger partial charge in [0.05, 0.1) is 16.7 Å². The molecule has 0 aliphatic heterocycles. The topological polar surface area (TPSA) is 8.17 Å². The van der Waals surface area contributed by atoms with Crippen molar-refractivity contribution in [2.24, 2.45) is 0 Å². The van der Waals surface area contributed by atoms with Gasteiger partial charge in [-0.05, 0) is 130 Å². The second-order valence-corrected chi connectivity index (χ2v) is 15.6. The molecule has 2 nitrogen and oxygen atoms in total. The van der Waals surface area contributed by atoms with Crippen LogP contribution in [0.4, 0.5) is 17.1 Å². The molecule has 0 saturated carbocycles. The first-order valence-electron chi connectivity index (χ1n) is 19.0. The molecule has 0 radical (unpaired) electrons. The number of rotatable bonds is 5. The van der Waals surface area contributed by atoms with E-state index in [1.807, 2.05) is 0 Å². The van der Waals surface area contributed by atoms with Crippen molar-refractivity contribution in [1.82, 2.24) is 4.57 Å². The molecule has 1 aliphatic rings. The van der Waals surface area contributed by atoms with Crippen LogP contribution in [-0.2, 0) is 5.41 Å². The highest BCUT2D eigenvalue weighted by molar-refractivity contribution is 6.09. The molecule has 0 amide bonds. The Bertz CT molecular complexity index is 2880. The summed E-state index contributed by atoms with van der Waals surface area (Å²) in [5.74, 6) is 0. The Morgan fingerprint density at radius 3 is 1.78 bits per heavy atom. The van der Waals surface area contributed by atoms with Gasteiger partial charge in [0.25, 0.3) is 0 Å². The van der Waals surface area contributed by atoms with E-state index in [-0.39, 0.29) is 5.41 Å². The van der Waals surface area contributed by atoms with Crippen molar-refractivity contribution in [3.8, 4) is 27.9 Å². The number of aromatic nitrogens is 1. The average Bonchev–Trinajstić information content (AvgIpc) is 3.64. The van der Waals surface area contributed by atoms with Gasteiger partial charge in [-0.25, -0.2) is 0 Å². The van der Waals surface area contributed by atoms with Crippen molar-refractivity contribution in [3.63, 3.8) is 0 Å². The van der Waals surface area contributed by atoms with Crippen LogP contribution in [0, 0.1) is 20.8 Å². The van der Waals surface area contributed by atoms with Crippen molar-refractivity contribution in [2.45, 2.75) is 40.0 Å². The first-order valence-corrected chi connectivity index (χ1v) is 19.0. The molecule has 0 atom stereocenters. The zero-order valence-corrected chi connectivity index (χ0v) is 31.5. The van der Waals surface area contributed by atoms with E-state index < -0.39 is 0 Å². The van der Waals surface area contributed by atoms with Crippen molar-refractivity contribution < 1.29 is 0 Å². The maximum Gasteiger partial charge on any atom is 0.0541 e. The van der Waals surface area contributed by atoms with Gasteiger partial charge in [0.15, 0.2) is 0 Å². The summed E-state index contributed by atoms with van der Waals surface area (Å²) in [5.41, 5.74) is 18.7. The first-order chi connectivity index (χ1) is 26.3. The predicted octanol–water partition coefficient (Wildman–Crippen LogP) is 14.3. The lowest BCUT2D eigenvalue weighted by molar-refractivity contribution is 0.660. The summed E-state index contributed by atoms with van der Waals surface area (Å²) in [7, 11) is 0. The lowest BCUT2D eigenvalue weighted by Crippen LogP contribution is -2.18. The first kappa shape index (κ1) is 32.3. The van der Waals surface area contributed by atoms with Gasteiger partial charge in [0, 0.05) is 33.2 Å². The largest absolute Gasteiger partial charge is 0.310 e. The Kier molecular flexibility index (Phi) is 7.22. The minimum atomic E-state index is -0.106. The summed E-state index contributed by atoms with van der Waals surface area (Å²) in [4.78, 5) is 2.52. The van der Waals surface area contributed by atoms with E-state index in [0.29, 0.717) is 0 Å². The SMILES string of the molecule is Cc1cc(-c2cccc3ccccc23)ccc1N(c1ccc2c(c1)C(C)(C)c1ccccc1-2)c1c(C)cc(-n2c3ccccc3c3ccccc32)cc1C. The second kappa shape index (κ2) is 12.1. The van der Waals surface area contributed by atoms with E-state index >= 15 is 0 Å². The molecule has 1 aromatic heterocycles. The Labute approximate surface area is 317 Å². The van der Waals surface area contributed by atoms with Gasteiger partial charge in [-0.15, -0.1) is 0 Å². The molecule has 8 aromatic carbocycles. The van der Waals surface area contributed by atoms with Crippen LogP contribution in [0.3, 0.4) is 0 Å². The highest BCUT2D eigenvalue weighted by atomic mass is 15.2. The molecule has 260 valence electrons. The van der Waals surface area contributed by atoms with Crippen molar-refractivity contribution >= 4 is 49.6 Å². The van der Waals surface area contributed by atoms with Crippen LogP contribution in [-0.4, -0.2) is 4.57 Å². The Balaban J connectivity index is 1.18. The number of para-hydroxylation sites is 2. The van der Waals surface area contributed by atoms with Gasteiger partial charge in [0.2, 0.25) is 0 Å². The van der Waals surface area contributed by atoms with Crippen LogP contribution >= 0.6 is 0 Å². The molecule has 10 rings (SSSR count). The molecule has 0 N–H and O–H groups in total. The van der Waals surface area contributed by atoms with Crippen LogP contribution in [0.5, 0.6) is 0 Å². The summed E-state index contributed by atoms with van der Waals surface area (Å²) in [6.07, 6.45) is 0. The third-order valence-corrected chi connectivity index (χ3v) is 11.9. The molecule has 0 spiro atoms. The lowest BCUT2D eigenvalue weighted by atomic mass is 9.82. The summed E-state index contributed by atoms with van der Waals surface area (Å²) in [6, 6.07) is 60.6. The average molecular weight is 695 g/mol. The molecule has 0 fully saturated rings. The van der Waals surface area contributed by atoms with Gasteiger partial charge < -0.3 is 9.47 Å². The van der Waals surface area contributed by atoms with Gasteiger partial charge >= 0.3 is 0 Å². The van der Waals surface area contributed by atoms with Crippen molar-refractivity contribution in [3.05, 3.63) is 192 Å². The predicted molar refractivity (Wildman–Crippen MR) is 230 cm³/mol. The molecular weight excluding hydrogens is 653 g/mol. The fourth-order valence-corrected chi connectivity index (χ4v) is 9.39. The van der Waals surface area contributed by atoms with Gasteiger partial charge in [0.1, 0.15) is 0 Å². The highest BCUT2D eigenvalue weighted by Crippen LogP contribution is 2.51. The molecule has 0 saturated heterocycles. The van der Waals surface area contributed by atoms with Crippen LogP contribution < -0.4 is 4.90 Å². The van der Waals surface area contributed by atoms with E-state index in [1.165, 1.54) is 105 Å². The fourth-order valence-electron chi connectivity index (χ4n) is 9.39. The molecule has 54 heavy (non-hydrogen) atoms. The standard InChI is InChI=1S/C52H42N2/c1-33-29-37(41-21-14-16-36-15-6-7-17-40(36)41)25-28-48(33)54(38-26-27-43-42-18-8-11-22-46(42)52(4,5)47(43)32-38)51-34(2)30-39(31-35(51)3)53-49-23-12-9-19-44(49)45-20-10-13-24-50(45)53/h6-32H,1-5H3. The van der Waals surface area contributed by atoms with Crippen molar-refractivity contribution in [2.75, 3.05) is 4.90 Å². The highest BCUT2D eigenvalue weighted by Gasteiger charge is 2.36.